The number of allylic oxidation sites excluding steroid dienone is 4. The van der Waals surface area contributed by atoms with Crippen LogP contribution in [0.4, 0.5) is 0 Å². The average Bonchev–Trinajstić information content (AvgIpc) is 2.92. The van der Waals surface area contributed by atoms with Crippen LogP contribution in [0, 0.1) is 6.92 Å². The summed E-state index contributed by atoms with van der Waals surface area (Å²) in [6, 6.07) is 16.8. The van der Waals surface area contributed by atoms with Crippen LogP contribution < -0.4 is 0 Å². The van der Waals surface area contributed by atoms with Crippen LogP contribution in [0.1, 0.15) is 19.4 Å². The predicted molar refractivity (Wildman–Crippen MR) is 94.7 cm³/mol. The molecule has 0 aliphatic rings. The number of benzene rings is 2. The molecule has 0 radical (unpaired) electrons. The second-order valence-corrected chi connectivity index (χ2v) is 5.34. The number of aryl methyl sites for hydroxylation is 1. The lowest BCUT2D eigenvalue weighted by Crippen LogP contribution is -1.98. The van der Waals surface area contributed by atoms with Gasteiger partial charge in [0, 0.05) is 11.3 Å². The van der Waals surface area contributed by atoms with Crippen LogP contribution in [0.25, 0.3) is 28.1 Å². The highest BCUT2D eigenvalue weighted by molar-refractivity contribution is 5.86. The first-order chi connectivity index (χ1) is 10.7. The smallest absolute Gasteiger partial charge is 0.145 e. The van der Waals surface area contributed by atoms with E-state index in [1.165, 1.54) is 5.56 Å². The van der Waals surface area contributed by atoms with Crippen LogP contribution in [0.5, 0.6) is 0 Å². The van der Waals surface area contributed by atoms with E-state index in [-0.39, 0.29) is 0 Å². The summed E-state index contributed by atoms with van der Waals surface area (Å²) in [5, 5.41) is 0. The van der Waals surface area contributed by atoms with Gasteiger partial charge in [-0.15, -0.1) is 0 Å². The van der Waals surface area contributed by atoms with Crippen molar-refractivity contribution >= 4 is 16.7 Å². The van der Waals surface area contributed by atoms with Crippen LogP contribution >= 0.6 is 0 Å². The highest BCUT2D eigenvalue weighted by atomic mass is 15.1. The van der Waals surface area contributed by atoms with Gasteiger partial charge in [-0.25, -0.2) is 4.98 Å². The molecule has 0 spiro atoms. The van der Waals surface area contributed by atoms with E-state index in [2.05, 4.69) is 79.1 Å². The Labute approximate surface area is 131 Å². The molecule has 1 aromatic heterocycles. The largest absolute Gasteiger partial charge is 0.293 e. The number of rotatable bonds is 3. The van der Waals surface area contributed by atoms with Crippen molar-refractivity contribution in [2.24, 2.45) is 0 Å². The maximum absolute atomic E-state index is 4.86. The molecule has 22 heavy (non-hydrogen) atoms. The number of fused-ring (bicyclic) bond motifs is 1. The lowest BCUT2D eigenvalue weighted by atomic mass is 10.1. The fourth-order valence-corrected chi connectivity index (χ4v) is 2.74. The molecule has 0 saturated carbocycles. The summed E-state index contributed by atoms with van der Waals surface area (Å²) in [7, 11) is 0. The van der Waals surface area contributed by atoms with Crippen molar-refractivity contribution in [3.63, 3.8) is 0 Å². The minimum absolute atomic E-state index is 0.983. The highest BCUT2D eigenvalue weighted by Crippen LogP contribution is 2.29. The first-order valence-electron chi connectivity index (χ1n) is 7.58. The minimum Gasteiger partial charge on any atom is -0.293 e. The molecule has 0 N–H and O–H groups in total. The minimum atomic E-state index is 0.983. The van der Waals surface area contributed by atoms with E-state index in [0.717, 1.165) is 28.1 Å². The number of nitrogens with zero attached hydrogens (tertiary/aromatic N) is 2. The molecule has 0 saturated heterocycles. The number of para-hydroxylation sites is 2. The third kappa shape index (κ3) is 2.48. The molecular weight excluding hydrogens is 268 g/mol. The topological polar surface area (TPSA) is 17.8 Å². The summed E-state index contributed by atoms with van der Waals surface area (Å²) in [5.74, 6) is 0.983. The molecule has 0 aliphatic heterocycles. The summed E-state index contributed by atoms with van der Waals surface area (Å²) in [6.07, 6.45) is 6.30. The normalized spacial score (nSPS) is 12.4. The zero-order chi connectivity index (χ0) is 15.5. The van der Waals surface area contributed by atoms with Gasteiger partial charge in [0.05, 0.1) is 11.0 Å². The highest BCUT2D eigenvalue weighted by Gasteiger charge is 2.14. The van der Waals surface area contributed by atoms with Crippen LogP contribution in [0.3, 0.4) is 0 Å². The molecule has 0 amide bonds. The van der Waals surface area contributed by atoms with Gasteiger partial charge in [-0.2, -0.15) is 0 Å². The molecule has 0 atom stereocenters. The third-order valence-corrected chi connectivity index (χ3v) is 3.73. The van der Waals surface area contributed by atoms with E-state index < -0.39 is 0 Å². The maximum atomic E-state index is 4.86. The van der Waals surface area contributed by atoms with Crippen molar-refractivity contribution in [1.82, 2.24) is 9.55 Å². The van der Waals surface area contributed by atoms with Crippen molar-refractivity contribution < 1.29 is 0 Å². The molecule has 2 aromatic carbocycles. The second-order valence-electron chi connectivity index (χ2n) is 5.34. The Morgan fingerprint density at radius 1 is 1.05 bits per heavy atom. The molecule has 0 aliphatic carbocycles. The number of imidazole rings is 1. The van der Waals surface area contributed by atoms with Crippen LogP contribution in [-0.4, -0.2) is 9.55 Å². The molecule has 2 nitrogen and oxygen atoms in total. The van der Waals surface area contributed by atoms with Crippen molar-refractivity contribution in [2.45, 2.75) is 20.8 Å². The van der Waals surface area contributed by atoms with Crippen molar-refractivity contribution in [1.29, 1.82) is 0 Å². The van der Waals surface area contributed by atoms with Gasteiger partial charge in [0.25, 0.3) is 0 Å². The summed E-state index contributed by atoms with van der Waals surface area (Å²) in [4.78, 5) is 4.86. The zero-order valence-corrected chi connectivity index (χ0v) is 13.2. The number of hydrogen-bond acceptors (Lipinski definition) is 1. The monoisotopic (exact) mass is 288 g/mol. The van der Waals surface area contributed by atoms with Gasteiger partial charge < -0.3 is 0 Å². The van der Waals surface area contributed by atoms with Gasteiger partial charge in [-0.1, -0.05) is 48.0 Å². The Bertz CT molecular complexity index is 866. The summed E-state index contributed by atoms with van der Waals surface area (Å²) >= 11 is 0. The summed E-state index contributed by atoms with van der Waals surface area (Å²) in [6.45, 7) is 6.21. The van der Waals surface area contributed by atoms with E-state index in [0.29, 0.717) is 0 Å². The SMILES string of the molecule is C/C=C\C(=C/C)n1c(-c2cccc(C)c2)nc2ccccc21. The van der Waals surface area contributed by atoms with E-state index in [9.17, 15) is 0 Å². The zero-order valence-electron chi connectivity index (χ0n) is 13.2. The van der Waals surface area contributed by atoms with Gasteiger partial charge in [0.1, 0.15) is 5.82 Å². The Hall–Kier alpha value is -2.61. The van der Waals surface area contributed by atoms with Crippen LogP contribution in [0.15, 0.2) is 66.8 Å². The fourth-order valence-electron chi connectivity index (χ4n) is 2.74. The van der Waals surface area contributed by atoms with E-state index in [4.69, 9.17) is 4.98 Å². The number of hydrogen-bond donors (Lipinski definition) is 0. The molecule has 0 unspecified atom stereocenters. The lowest BCUT2D eigenvalue weighted by Gasteiger charge is -2.10. The second kappa shape index (κ2) is 6.02. The third-order valence-electron chi connectivity index (χ3n) is 3.73. The summed E-state index contributed by atoms with van der Waals surface area (Å²) in [5.41, 5.74) is 5.66. The van der Waals surface area contributed by atoms with Crippen LogP contribution in [-0.2, 0) is 0 Å². The van der Waals surface area contributed by atoms with Crippen molar-refractivity contribution in [3.05, 3.63) is 72.3 Å². The molecule has 0 bridgehead atoms. The van der Waals surface area contributed by atoms with Gasteiger partial charge in [0.15, 0.2) is 0 Å². The van der Waals surface area contributed by atoms with Crippen molar-refractivity contribution in [3.8, 4) is 11.4 Å². The van der Waals surface area contributed by atoms with Gasteiger partial charge in [-0.05, 0) is 45.0 Å². The standard InChI is InChI=1S/C20H20N2/c1-4-9-17(5-2)22-19-13-7-6-12-18(19)21-20(22)16-11-8-10-15(3)14-16/h4-14H,1-3H3/b9-4-,17-5+. The Morgan fingerprint density at radius 2 is 1.86 bits per heavy atom. The Morgan fingerprint density at radius 3 is 2.59 bits per heavy atom. The first kappa shape index (κ1) is 14.3. The molecule has 2 heteroatoms. The number of aromatic nitrogens is 2. The molecule has 1 heterocycles. The van der Waals surface area contributed by atoms with Crippen molar-refractivity contribution in [2.75, 3.05) is 0 Å². The van der Waals surface area contributed by atoms with Gasteiger partial charge >= 0.3 is 0 Å². The molecular formula is C20H20N2. The Kier molecular flexibility index (Phi) is 3.92. The summed E-state index contributed by atoms with van der Waals surface area (Å²) < 4.78 is 2.23. The molecule has 110 valence electrons. The maximum Gasteiger partial charge on any atom is 0.145 e. The molecule has 0 fully saturated rings. The quantitative estimate of drug-likeness (QED) is 0.586. The average molecular weight is 288 g/mol. The van der Waals surface area contributed by atoms with E-state index in [1.807, 2.05) is 13.0 Å². The lowest BCUT2D eigenvalue weighted by molar-refractivity contribution is 1.14. The fraction of sp³-hybridized carbons (Fsp3) is 0.150. The first-order valence-corrected chi connectivity index (χ1v) is 7.58. The molecule has 3 aromatic rings. The predicted octanol–water partition coefficient (Wildman–Crippen LogP) is 5.45. The van der Waals surface area contributed by atoms with Gasteiger partial charge in [-0.3, -0.25) is 4.57 Å². The molecule has 3 rings (SSSR count). The van der Waals surface area contributed by atoms with E-state index >= 15 is 0 Å². The van der Waals surface area contributed by atoms with Gasteiger partial charge in [0.2, 0.25) is 0 Å². The van der Waals surface area contributed by atoms with E-state index in [1.54, 1.807) is 0 Å². The Balaban J connectivity index is 2.34. The van der Waals surface area contributed by atoms with Crippen LogP contribution in [0.2, 0.25) is 0 Å².